The predicted molar refractivity (Wildman–Crippen MR) is 66.0 cm³/mol. The van der Waals surface area contributed by atoms with E-state index < -0.39 is 24.2 Å². The van der Waals surface area contributed by atoms with Gasteiger partial charge in [-0.25, -0.2) is 4.79 Å². The molecule has 2 N–H and O–H groups in total. The molecule has 0 aromatic carbocycles. The van der Waals surface area contributed by atoms with E-state index >= 15 is 0 Å². The highest BCUT2D eigenvalue weighted by molar-refractivity contribution is 5.88. The first kappa shape index (κ1) is 14.5. The van der Waals surface area contributed by atoms with Gasteiger partial charge in [0.15, 0.2) is 5.82 Å². The van der Waals surface area contributed by atoms with E-state index in [4.69, 9.17) is 0 Å². The van der Waals surface area contributed by atoms with Gasteiger partial charge in [-0.1, -0.05) is 12.8 Å². The molecule has 20 heavy (non-hydrogen) atoms. The van der Waals surface area contributed by atoms with Crippen molar-refractivity contribution in [2.45, 2.75) is 37.9 Å². The third kappa shape index (κ3) is 3.82. The Morgan fingerprint density at radius 2 is 2.05 bits per heavy atom. The van der Waals surface area contributed by atoms with Gasteiger partial charge in [0.05, 0.1) is 0 Å². The van der Waals surface area contributed by atoms with Crippen LogP contribution in [0.2, 0.25) is 0 Å². The Morgan fingerprint density at radius 1 is 1.35 bits per heavy atom. The first-order valence-corrected chi connectivity index (χ1v) is 6.39. The van der Waals surface area contributed by atoms with Gasteiger partial charge in [-0.15, -0.1) is 5.10 Å². The highest BCUT2D eigenvalue weighted by Crippen LogP contribution is 2.35. The van der Waals surface area contributed by atoms with Crippen molar-refractivity contribution < 1.29 is 18.0 Å². The molecule has 2 rings (SSSR count). The summed E-state index contributed by atoms with van der Waals surface area (Å²) in [6, 6.07) is 0.243. The number of urea groups is 1. The van der Waals surface area contributed by atoms with Crippen LogP contribution in [0.5, 0.6) is 0 Å². The Bertz CT molecular complexity index is 446. The van der Waals surface area contributed by atoms with Gasteiger partial charge < -0.3 is 5.32 Å². The molecule has 110 valence electrons. The van der Waals surface area contributed by atoms with Gasteiger partial charge >= 0.3 is 12.2 Å². The number of hydrogen-bond donors (Lipinski definition) is 2. The lowest BCUT2D eigenvalue weighted by Crippen LogP contribution is -2.50. The van der Waals surface area contributed by atoms with Crippen LogP contribution in [0, 0.1) is 5.92 Å². The van der Waals surface area contributed by atoms with Crippen molar-refractivity contribution in [2.75, 3.05) is 5.32 Å². The summed E-state index contributed by atoms with van der Waals surface area (Å²) >= 11 is 0. The molecule has 0 bridgehead atoms. The molecule has 1 atom stereocenters. The van der Waals surface area contributed by atoms with Gasteiger partial charge in [0, 0.05) is 6.20 Å². The first-order chi connectivity index (χ1) is 9.47. The fourth-order valence-electron chi connectivity index (χ4n) is 2.42. The lowest BCUT2D eigenvalue weighted by Gasteiger charge is -2.26. The second kappa shape index (κ2) is 6.06. The molecular formula is C12H15F3N4O. The number of amides is 2. The molecule has 8 heteroatoms. The van der Waals surface area contributed by atoms with Crippen LogP contribution in [0.3, 0.4) is 0 Å². The molecule has 1 aromatic rings. The van der Waals surface area contributed by atoms with Crippen molar-refractivity contribution in [3.8, 4) is 0 Å². The molecule has 0 unspecified atom stereocenters. The van der Waals surface area contributed by atoms with E-state index in [0.717, 1.165) is 12.8 Å². The Kier molecular flexibility index (Phi) is 4.41. The largest absolute Gasteiger partial charge is 0.408 e. The van der Waals surface area contributed by atoms with Crippen LogP contribution in [-0.4, -0.2) is 28.4 Å². The van der Waals surface area contributed by atoms with Crippen LogP contribution in [-0.2, 0) is 0 Å². The van der Waals surface area contributed by atoms with E-state index in [-0.39, 0.29) is 5.82 Å². The van der Waals surface area contributed by atoms with Crippen LogP contribution in [0.4, 0.5) is 23.8 Å². The van der Waals surface area contributed by atoms with Gasteiger partial charge in [-0.05, 0) is 30.9 Å². The van der Waals surface area contributed by atoms with E-state index in [1.165, 1.54) is 18.3 Å². The normalized spacial score (nSPS) is 17.8. The minimum atomic E-state index is -4.45. The summed E-state index contributed by atoms with van der Waals surface area (Å²) in [7, 11) is 0. The van der Waals surface area contributed by atoms with Crippen LogP contribution >= 0.6 is 0 Å². The van der Waals surface area contributed by atoms with Gasteiger partial charge in [-0.2, -0.15) is 18.3 Å². The number of alkyl halides is 3. The van der Waals surface area contributed by atoms with Crippen molar-refractivity contribution in [2.24, 2.45) is 5.92 Å². The summed E-state index contributed by atoms with van der Waals surface area (Å²) in [6.45, 7) is 0. The molecule has 1 heterocycles. The SMILES string of the molecule is O=C(Nc1cccnn1)N[C@H](C1CCCC1)C(F)(F)F. The van der Waals surface area contributed by atoms with Crippen molar-refractivity contribution >= 4 is 11.8 Å². The fraction of sp³-hybridized carbons (Fsp3) is 0.583. The fourth-order valence-corrected chi connectivity index (χ4v) is 2.42. The third-order valence-corrected chi connectivity index (χ3v) is 3.32. The topological polar surface area (TPSA) is 66.9 Å². The quantitative estimate of drug-likeness (QED) is 0.898. The molecule has 1 aliphatic rings. The van der Waals surface area contributed by atoms with Gasteiger partial charge in [0.25, 0.3) is 0 Å². The molecule has 0 spiro atoms. The second-order valence-electron chi connectivity index (χ2n) is 4.77. The maximum absolute atomic E-state index is 13.0. The smallest absolute Gasteiger partial charge is 0.326 e. The predicted octanol–water partition coefficient (Wildman–Crippen LogP) is 2.72. The minimum Gasteiger partial charge on any atom is -0.326 e. The van der Waals surface area contributed by atoms with E-state index in [1.54, 1.807) is 0 Å². The van der Waals surface area contributed by atoms with E-state index in [9.17, 15) is 18.0 Å². The highest BCUT2D eigenvalue weighted by atomic mass is 19.4. The summed E-state index contributed by atoms with van der Waals surface area (Å²) < 4.78 is 39.0. The number of hydrogen-bond acceptors (Lipinski definition) is 3. The van der Waals surface area contributed by atoms with Crippen LogP contribution in [0.15, 0.2) is 18.3 Å². The summed E-state index contributed by atoms with van der Waals surface area (Å²) in [5.74, 6) is -0.444. The Hall–Kier alpha value is -1.86. The molecule has 0 aliphatic heterocycles. The van der Waals surface area contributed by atoms with Crippen LogP contribution in [0.1, 0.15) is 25.7 Å². The molecule has 0 radical (unpaired) electrons. The lowest BCUT2D eigenvalue weighted by atomic mass is 9.98. The zero-order valence-electron chi connectivity index (χ0n) is 10.7. The first-order valence-electron chi connectivity index (χ1n) is 6.39. The average Bonchev–Trinajstić information content (AvgIpc) is 2.89. The lowest BCUT2D eigenvalue weighted by molar-refractivity contribution is -0.164. The summed E-state index contributed by atoms with van der Waals surface area (Å²) in [4.78, 5) is 11.6. The van der Waals surface area contributed by atoms with Gasteiger partial charge in [0.2, 0.25) is 0 Å². The second-order valence-corrected chi connectivity index (χ2v) is 4.77. The Morgan fingerprint density at radius 3 is 2.60 bits per heavy atom. The summed E-state index contributed by atoms with van der Waals surface area (Å²) in [5, 5.41) is 11.4. The molecule has 1 saturated carbocycles. The number of halogens is 3. The van der Waals surface area contributed by atoms with E-state index in [1.807, 2.05) is 5.32 Å². The van der Waals surface area contributed by atoms with Crippen LogP contribution in [0.25, 0.3) is 0 Å². The molecule has 5 nitrogen and oxygen atoms in total. The van der Waals surface area contributed by atoms with Crippen molar-refractivity contribution in [1.82, 2.24) is 15.5 Å². The number of anilines is 1. The average molecular weight is 288 g/mol. The van der Waals surface area contributed by atoms with Crippen molar-refractivity contribution in [3.63, 3.8) is 0 Å². The summed E-state index contributed by atoms with van der Waals surface area (Å²) in [5.41, 5.74) is 0. The molecule has 2 amide bonds. The third-order valence-electron chi connectivity index (χ3n) is 3.32. The monoisotopic (exact) mass is 288 g/mol. The zero-order chi connectivity index (χ0) is 14.6. The van der Waals surface area contributed by atoms with E-state index in [0.29, 0.717) is 12.8 Å². The number of carbonyl (C=O) groups is 1. The number of nitrogens with one attached hydrogen (secondary N) is 2. The zero-order valence-corrected chi connectivity index (χ0v) is 10.7. The van der Waals surface area contributed by atoms with Gasteiger partial charge in [-0.3, -0.25) is 5.32 Å². The molecule has 1 aromatic heterocycles. The summed E-state index contributed by atoms with van der Waals surface area (Å²) in [6.07, 6.45) is -0.546. The Labute approximate surface area is 114 Å². The number of carbonyl (C=O) groups excluding carboxylic acids is 1. The maximum Gasteiger partial charge on any atom is 0.408 e. The molecular weight excluding hydrogens is 273 g/mol. The van der Waals surface area contributed by atoms with Crippen molar-refractivity contribution in [3.05, 3.63) is 18.3 Å². The standard InChI is InChI=1S/C12H15F3N4O/c13-12(14,15)10(8-4-1-2-5-8)18-11(20)17-9-6-3-7-16-19-9/h3,6-8,10H,1-2,4-5H2,(H2,17,18,19,20)/t10-/m1/s1. The Balaban J connectivity index is 1.98. The number of nitrogens with zero attached hydrogens (tertiary/aromatic N) is 2. The molecule has 0 saturated heterocycles. The molecule has 1 aliphatic carbocycles. The van der Waals surface area contributed by atoms with E-state index in [2.05, 4.69) is 15.5 Å². The number of rotatable bonds is 3. The highest BCUT2D eigenvalue weighted by Gasteiger charge is 2.46. The minimum absolute atomic E-state index is 0.109. The van der Waals surface area contributed by atoms with Crippen LogP contribution < -0.4 is 10.6 Å². The number of aromatic nitrogens is 2. The van der Waals surface area contributed by atoms with Crippen molar-refractivity contribution in [1.29, 1.82) is 0 Å². The molecule has 1 fully saturated rings. The maximum atomic E-state index is 13.0. The van der Waals surface area contributed by atoms with Gasteiger partial charge in [0.1, 0.15) is 6.04 Å².